The van der Waals surface area contributed by atoms with Crippen molar-refractivity contribution in [2.45, 2.75) is 26.3 Å². The van der Waals surface area contributed by atoms with Gasteiger partial charge in [-0.25, -0.2) is 4.79 Å². The molecule has 3 amide bonds. The Morgan fingerprint density at radius 1 is 1.15 bits per heavy atom. The van der Waals surface area contributed by atoms with Gasteiger partial charge >= 0.3 is 12.0 Å². The molecule has 1 heterocycles. The third-order valence-corrected chi connectivity index (χ3v) is 4.00. The molecule has 2 rings (SSSR count). The van der Waals surface area contributed by atoms with Crippen LogP contribution in [0, 0.1) is 5.92 Å². The number of halogens is 1. The summed E-state index contributed by atoms with van der Waals surface area (Å²) in [7, 11) is 0. The van der Waals surface area contributed by atoms with Crippen LogP contribution in [0.2, 0.25) is 5.02 Å². The van der Waals surface area contributed by atoms with Crippen molar-refractivity contribution in [3.8, 4) is 0 Å². The molecule has 2 aromatic rings. The van der Waals surface area contributed by atoms with Crippen LogP contribution in [0.5, 0.6) is 0 Å². The van der Waals surface area contributed by atoms with E-state index in [-0.39, 0.29) is 12.5 Å². The molecule has 0 bridgehead atoms. The lowest BCUT2D eigenvalue weighted by Crippen LogP contribution is -2.41. The Morgan fingerprint density at radius 2 is 1.85 bits per heavy atom. The van der Waals surface area contributed by atoms with Crippen LogP contribution in [-0.2, 0) is 20.9 Å². The molecule has 1 aromatic heterocycles. The Hall–Kier alpha value is -2.80. The molecule has 1 atom stereocenters. The zero-order chi connectivity index (χ0) is 19.8. The zero-order valence-corrected chi connectivity index (χ0v) is 15.8. The minimum Gasteiger partial charge on any atom is -0.467 e. The number of carbonyl (C=O) groups is 3. The maximum Gasteiger partial charge on any atom is 0.321 e. The summed E-state index contributed by atoms with van der Waals surface area (Å²) in [6.07, 6.45) is 1.48. The van der Waals surface area contributed by atoms with Gasteiger partial charge in [0.25, 0.3) is 5.91 Å². The molecule has 0 aliphatic rings. The average Bonchev–Trinajstić information content (AvgIpc) is 3.13. The number of hydrogen-bond acceptors (Lipinski definition) is 5. The summed E-state index contributed by atoms with van der Waals surface area (Å²) < 4.78 is 10.1. The highest BCUT2D eigenvalue weighted by atomic mass is 35.5. The van der Waals surface area contributed by atoms with Gasteiger partial charge in [-0.1, -0.05) is 37.6 Å². The standard InChI is InChI=1S/C19H21ClN2O5/c1-12(2)17(13-5-7-14(20)8-6-13)18(24)27-11-16(23)22-19(25)21-10-15-4-3-9-26-15/h3-9,12,17H,10-11H2,1-2H3,(H2,21,22,23,25). The normalized spacial score (nSPS) is 11.7. The Bertz CT molecular complexity index is 772. The molecule has 0 fully saturated rings. The van der Waals surface area contributed by atoms with Crippen molar-refractivity contribution >= 4 is 29.5 Å². The molecule has 0 radical (unpaired) electrons. The molecule has 144 valence electrons. The van der Waals surface area contributed by atoms with Gasteiger partial charge in [0.2, 0.25) is 0 Å². The summed E-state index contributed by atoms with van der Waals surface area (Å²) in [5.74, 6) is -1.30. The smallest absolute Gasteiger partial charge is 0.321 e. The summed E-state index contributed by atoms with van der Waals surface area (Å²) in [4.78, 5) is 35.8. The number of urea groups is 1. The number of hydrogen-bond donors (Lipinski definition) is 2. The molecular weight excluding hydrogens is 372 g/mol. The van der Waals surface area contributed by atoms with Gasteiger partial charge < -0.3 is 14.5 Å². The topological polar surface area (TPSA) is 97.6 Å². The lowest BCUT2D eigenvalue weighted by molar-refractivity contribution is -0.150. The number of benzene rings is 1. The first kappa shape index (κ1) is 20.5. The Morgan fingerprint density at radius 3 is 2.44 bits per heavy atom. The summed E-state index contributed by atoms with van der Waals surface area (Å²) in [6.45, 7) is 3.34. The summed E-state index contributed by atoms with van der Waals surface area (Å²) in [5, 5.41) is 5.11. The van der Waals surface area contributed by atoms with E-state index in [1.54, 1.807) is 36.4 Å². The molecule has 0 aliphatic carbocycles. The quantitative estimate of drug-likeness (QED) is 0.705. The monoisotopic (exact) mass is 392 g/mol. The number of esters is 1. The molecule has 0 saturated carbocycles. The fourth-order valence-electron chi connectivity index (χ4n) is 2.48. The molecular formula is C19H21ClN2O5. The highest BCUT2D eigenvalue weighted by Gasteiger charge is 2.26. The van der Waals surface area contributed by atoms with Crippen LogP contribution in [0.25, 0.3) is 0 Å². The molecule has 27 heavy (non-hydrogen) atoms. The van der Waals surface area contributed by atoms with E-state index in [2.05, 4.69) is 10.6 Å². The number of ether oxygens (including phenoxy) is 1. The molecule has 1 unspecified atom stereocenters. The van der Waals surface area contributed by atoms with Crippen LogP contribution in [-0.4, -0.2) is 24.5 Å². The highest BCUT2D eigenvalue weighted by Crippen LogP contribution is 2.27. The van der Waals surface area contributed by atoms with Gasteiger partial charge in [-0.15, -0.1) is 0 Å². The summed E-state index contributed by atoms with van der Waals surface area (Å²) in [6, 6.07) is 9.54. The van der Waals surface area contributed by atoms with Gasteiger partial charge in [-0.05, 0) is 35.7 Å². The number of amides is 3. The van der Waals surface area contributed by atoms with E-state index >= 15 is 0 Å². The first-order chi connectivity index (χ1) is 12.9. The highest BCUT2D eigenvalue weighted by molar-refractivity contribution is 6.30. The van der Waals surface area contributed by atoms with E-state index in [9.17, 15) is 14.4 Å². The van der Waals surface area contributed by atoms with E-state index < -0.39 is 30.4 Å². The van der Waals surface area contributed by atoms with Crippen molar-refractivity contribution in [1.82, 2.24) is 10.6 Å². The number of carbonyl (C=O) groups excluding carboxylic acids is 3. The minimum atomic E-state index is -0.723. The first-order valence-electron chi connectivity index (χ1n) is 8.39. The van der Waals surface area contributed by atoms with Crippen LogP contribution in [0.15, 0.2) is 47.1 Å². The van der Waals surface area contributed by atoms with Crippen molar-refractivity contribution in [3.63, 3.8) is 0 Å². The van der Waals surface area contributed by atoms with E-state index in [0.717, 1.165) is 5.56 Å². The van der Waals surface area contributed by atoms with E-state index in [1.807, 2.05) is 13.8 Å². The third-order valence-electron chi connectivity index (χ3n) is 3.75. The SMILES string of the molecule is CC(C)C(C(=O)OCC(=O)NC(=O)NCc1ccco1)c1ccc(Cl)cc1. The molecule has 8 heteroatoms. The second-order valence-electron chi connectivity index (χ2n) is 6.19. The maximum atomic E-state index is 12.4. The number of nitrogens with one attached hydrogen (secondary N) is 2. The van der Waals surface area contributed by atoms with Crippen molar-refractivity contribution < 1.29 is 23.5 Å². The number of imide groups is 1. The molecule has 1 aromatic carbocycles. The van der Waals surface area contributed by atoms with Gasteiger partial charge in [0.1, 0.15) is 5.76 Å². The largest absolute Gasteiger partial charge is 0.467 e. The number of furan rings is 1. The summed E-state index contributed by atoms with van der Waals surface area (Å²) in [5.41, 5.74) is 0.746. The fourth-order valence-corrected chi connectivity index (χ4v) is 2.60. The predicted octanol–water partition coefficient (Wildman–Crippen LogP) is 3.24. The second-order valence-corrected chi connectivity index (χ2v) is 6.63. The third kappa shape index (κ3) is 6.45. The molecule has 7 nitrogen and oxygen atoms in total. The Kier molecular flexibility index (Phi) is 7.43. The maximum absolute atomic E-state index is 12.4. The van der Waals surface area contributed by atoms with Crippen LogP contribution in [0.3, 0.4) is 0 Å². The van der Waals surface area contributed by atoms with E-state index in [0.29, 0.717) is 10.8 Å². The second kappa shape index (κ2) is 9.78. The van der Waals surface area contributed by atoms with Crippen LogP contribution in [0.4, 0.5) is 4.79 Å². The van der Waals surface area contributed by atoms with Crippen molar-refractivity contribution in [2.75, 3.05) is 6.61 Å². The number of rotatable bonds is 7. The van der Waals surface area contributed by atoms with E-state index in [4.69, 9.17) is 20.8 Å². The van der Waals surface area contributed by atoms with Crippen molar-refractivity contribution in [3.05, 3.63) is 59.0 Å². The van der Waals surface area contributed by atoms with Gasteiger partial charge in [-0.2, -0.15) is 0 Å². The van der Waals surface area contributed by atoms with Crippen LogP contribution < -0.4 is 10.6 Å². The zero-order valence-electron chi connectivity index (χ0n) is 15.0. The van der Waals surface area contributed by atoms with Gasteiger partial charge in [0, 0.05) is 5.02 Å². The van der Waals surface area contributed by atoms with Gasteiger partial charge in [0.15, 0.2) is 6.61 Å². The molecule has 0 aliphatic heterocycles. The summed E-state index contributed by atoms with van der Waals surface area (Å²) >= 11 is 5.87. The van der Waals surface area contributed by atoms with E-state index in [1.165, 1.54) is 6.26 Å². The van der Waals surface area contributed by atoms with Crippen LogP contribution in [0.1, 0.15) is 31.1 Å². The van der Waals surface area contributed by atoms with Gasteiger partial charge in [-0.3, -0.25) is 14.9 Å². The fraction of sp³-hybridized carbons (Fsp3) is 0.316. The van der Waals surface area contributed by atoms with Crippen molar-refractivity contribution in [1.29, 1.82) is 0 Å². The lowest BCUT2D eigenvalue weighted by atomic mass is 9.88. The van der Waals surface area contributed by atoms with Crippen molar-refractivity contribution in [2.24, 2.45) is 5.92 Å². The Labute approximate surface area is 162 Å². The molecule has 2 N–H and O–H groups in total. The Balaban J connectivity index is 1.82. The van der Waals surface area contributed by atoms with Crippen LogP contribution >= 0.6 is 11.6 Å². The first-order valence-corrected chi connectivity index (χ1v) is 8.76. The molecule has 0 saturated heterocycles. The minimum absolute atomic E-state index is 0.0432. The average molecular weight is 393 g/mol. The van der Waals surface area contributed by atoms with Gasteiger partial charge in [0.05, 0.1) is 18.7 Å². The predicted molar refractivity (Wildman–Crippen MR) is 99.1 cm³/mol. The lowest BCUT2D eigenvalue weighted by Gasteiger charge is -2.19. The molecule has 0 spiro atoms.